The average molecular weight is 236 g/mol. The first-order valence-corrected chi connectivity index (χ1v) is 6.43. The van der Waals surface area contributed by atoms with E-state index < -0.39 is 5.60 Å². The van der Waals surface area contributed by atoms with Crippen LogP contribution in [0.15, 0.2) is 36.0 Å². The maximum atomic E-state index is 9.90. The summed E-state index contributed by atoms with van der Waals surface area (Å²) >= 11 is 0. The minimum absolute atomic E-state index is 0.384. The van der Waals surface area contributed by atoms with E-state index in [1.807, 2.05) is 6.92 Å². The summed E-state index contributed by atoms with van der Waals surface area (Å²) in [6, 6.07) is 0. The SMILES string of the molecule is C=C[C@@](C)(O)C[C@H](C)/C=C(\C)CCC=C(C)C. The van der Waals surface area contributed by atoms with Gasteiger partial charge in [0.2, 0.25) is 0 Å². The van der Waals surface area contributed by atoms with Crippen LogP contribution in [0, 0.1) is 5.92 Å². The van der Waals surface area contributed by atoms with E-state index in [9.17, 15) is 5.11 Å². The van der Waals surface area contributed by atoms with Gasteiger partial charge in [-0.15, -0.1) is 6.58 Å². The zero-order valence-corrected chi connectivity index (χ0v) is 12.1. The molecule has 0 aromatic heterocycles. The maximum absolute atomic E-state index is 9.90. The normalized spacial score (nSPS) is 17.2. The molecule has 0 bridgehead atoms. The molecule has 0 unspecified atom stereocenters. The van der Waals surface area contributed by atoms with Gasteiger partial charge in [-0.1, -0.05) is 36.3 Å². The zero-order chi connectivity index (χ0) is 13.5. The Morgan fingerprint density at radius 3 is 2.41 bits per heavy atom. The van der Waals surface area contributed by atoms with Crippen LogP contribution in [0.3, 0.4) is 0 Å². The maximum Gasteiger partial charge on any atom is 0.0802 e. The van der Waals surface area contributed by atoms with Crippen molar-refractivity contribution in [1.82, 2.24) is 0 Å². The lowest BCUT2D eigenvalue weighted by atomic mass is 9.91. The van der Waals surface area contributed by atoms with Gasteiger partial charge in [-0.05, 0) is 52.9 Å². The third kappa shape index (κ3) is 8.93. The molecule has 98 valence electrons. The van der Waals surface area contributed by atoms with Gasteiger partial charge in [0.15, 0.2) is 0 Å². The molecule has 1 N–H and O–H groups in total. The van der Waals surface area contributed by atoms with Crippen molar-refractivity contribution in [2.45, 2.75) is 59.5 Å². The molecular formula is C16H28O. The lowest BCUT2D eigenvalue weighted by Gasteiger charge is -2.21. The lowest BCUT2D eigenvalue weighted by Crippen LogP contribution is -2.22. The van der Waals surface area contributed by atoms with E-state index in [0.29, 0.717) is 5.92 Å². The Kier molecular flexibility index (Phi) is 7.13. The van der Waals surface area contributed by atoms with Gasteiger partial charge in [0, 0.05) is 0 Å². The molecule has 1 heteroatoms. The molecule has 0 fully saturated rings. The van der Waals surface area contributed by atoms with Crippen LogP contribution in [0.4, 0.5) is 0 Å². The zero-order valence-electron chi connectivity index (χ0n) is 12.1. The summed E-state index contributed by atoms with van der Waals surface area (Å²) in [6.07, 6.45) is 9.09. The number of hydrogen-bond donors (Lipinski definition) is 1. The molecule has 0 spiro atoms. The highest BCUT2D eigenvalue weighted by Gasteiger charge is 2.17. The standard InChI is InChI=1S/C16H28O/c1-7-16(6,17)12-15(5)11-14(4)10-8-9-13(2)3/h7,9,11,15,17H,1,8,10,12H2,2-6H3/b14-11+/t15-,16-/m1/s1. The van der Waals surface area contributed by atoms with Crippen LogP contribution in [0.1, 0.15) is 53.9 Å². The van der Waals surface area contributed by atoms with Crippen molar-refractivity contribution in [2.24, 2.45) is 5.92 Å². The predicted molar refractivity (Wildman–Crippen MR) is 77.0 cm³/mol. The number of aliphatic hydroxyl groups is 1. The fourth-order valence-corrected chi connectivity index (χ4v) is 1.95. The summed E-state index contributed by atoms with van der Waals surface area (Å²) in [5.74, 6) is 0.384. The second-order valence-corrected chi connectivity index (χ2v) is 5.58. The fourth-order valence-electron chi connectivity index (χ4n) is 1.95. The van der Waals surface area contributed by atoms with E-state index >= 15 is 0 Å². The average Bonchev–Trinajstić information content (AvgIpc) is 2.15. The lowest BCUT2D eigenvalue weighted by molar-refractivity contribution is 0.0917. The Morgan fingerprint density at radius 2 is 1.94 bits per heavy atom. The first kappa shape index (κ1) is 16.2. The van der Waals surface area contributed by atoms with Gasteiger partial charge in [0.25, 0.3) is 0 Å². The van der Waals surface area contributed by atoms with Crippen molar-refractivity contribution in [3.05, 3.63) is 36.0 Å². The summed E-state index contributed by atoms with van der Waals surface area (Å²) < 4.78 is 0. The molecule has 2 atom stereocenters. The summed E-state index contributed by atoms with van der Waals surface area (Å²) in [5, 5.41) is 9.90. The van der Waals surface area contributed by atoms with Crippen molar-refractivity contribution < 1.29 is 5.11 Å². The fraction of sp³-hybridized carbons (Fsp3) is 0.625. The van der Waals surface area contributed by atoms with Gasteiger partial charge in [0.05, 0.1) is 5.60 Å². The van der Waals surface area contributed by atoms with Crippen molar-refractivity contribution in [1.29, 1.82) is 0 Å². The van der Waals surface area contributed by atoms with E-state index in [1.54, 1.807) is 6.08 Å². The summed E-state index contributed by atoms with van der Waals surface area (Å²) in [5.41, 5.74) is 2.02. The largest absolute Gasteiger partial charge is 0.386 e. The van der Waals surface area contributed by atoms with Gasteiger partial charge in [-0.25, -0.2) is 0 Å². The smallest absolute Gasteiger partial charge is 0.0802 e. The Balaban J connectivity index is 4.19. The van der Waals surface area contributed by atoms with Crippen LogP contribution < -0.4 is 0 Å². The molecule has 0 radical (unpaired) electrons. The topological polar surface area (TPSA) is 20.2 Å². The van der Waals surface area contributed by atoms with Crippen molar-refractivity contribution in [3.8, 4) is 0 Å². The first-order chi connectivity index (χ1) is 7.76. The van der Waals surface area contributed by atoms with E-state index in [2.05, 4.69) is 46.4 Å². The molecule has 17 heavy (non-hydrogen) atoms. The van der Waals surface area contributed by atoms with Gasteiger partial charge in [-0.3, -0.25) is 0 Å². The van der Waals surface area contributed by atoms with Crippen LogP contribution in [0.2, 0.25) is 0 Å². The molecule has 1 nitrogen and oxygen atoms in total. The van der Waals surface area contributed by atoms with E-state index in [-0.39, 0.29) is 0 Å². The highest BCUT2D eigenvalue weighted by molar-refractivity contribution is 5.05. The Bertz CT molecular complexity index is 291. The molecule has 0 heterocycles. The second-order valence-electron chi connectivity index (χ2n) is 5.58. The van der Waals surface area contributed by atoms with Crippen molar-refractivity contribution in [3.63, 3.8) is 0 Å². The summed E-state index contributed by atoms with van der Waals surface area (Å²) in [6.45, 7) is 14.0. The first-order valence-electron chi connectivity index (χ1n) is 6.43. The molecule has 0 saturated heterocycles. The number of hydrogen-bond acceptors (Lipinski definition) is 1. The molecule has 0 rings (SSSR count). The quantitative estimate of drug-likeness (QED) is 0.638. The van der Waals surface area contributed by atoms with Gasteiger partial charge < -0.3 is 5.11 Å². The van der Waals surface area contributed by atoms with Crippen LogP contribution in [0.5, 0.6) is 0 Å². The van der Waals surface area contributed by atoms with Gasteiger partial charge in [0.1, 0.15) is 0 Å². The van der Waals surface area contributed by atoms with E-state index in [0.717, 1.165) is 19.3 Å². The van der Waals surface area contributed by atoms with Crippen molar-refractivity contribution in [2.75, 3.05) is 0 Å². The Labute approximate surface area is 107 Å². The monoisotopic (exact) mass is 236 g/mol. The molecule has 0 aliphatic carbocycles. The van der Waals surface area contributed by atoms with E-state index in [4.69, 9.17) is 0 Å². The molecule has 0 aromatic rings. The highest BCUT2D eigenvalue weighted by atomic mass is 16.3. The molecule has 0 aliphatic heterocycles. The third-order valence-corrected chi connectivity index (χ3v) is 2.84. The summed E-state index contributed by atoms with van der Waals surface area (Å²) in [4.78, 5) is 0. The third-order valence-electron chi connectivity index (χ3n) is 2.84. The summed E-state index contributed by atoms with van der Waals surface area (Å²) in [7, 11) is 0. The van der Waals surface area contributed by atoms with E-state index in [1.165, 1.54) is 11.1 Å². The van der Waals surface area contributed by atoms with Crippen molar-refractivity contribution >= 4 is 0 Å². The molecule has 0 aromatic carbocycles. The van der Waals surface area contributed by atoms with Crippen LogP contribution >= 0.6 is 0 Å². The minimum atomic E-state index is -0.754. The van der Waals surface area contributed by atoms with Crippen LogP contribution in [0.25, 0.3) is 0 Å². The highest BCUT2D eigenvalue weighted by Crippen LogP contribution is 2.20. The minimum Gasteiger partial charge on any atom is -0.386 e. The van der Waals surface area contributed by atoms with Crippen LogP contribution in [-0.2, 0) is 0 Å². The van der Waals surface area contributed by atoms with Gasteiger partial charge in [-0.2, -0.15) is 0 Å². The molecule has 0 amide bonds. The second kappa shape index (κ2) is 7.50. The molecule has 0 saturated carbocycles. The number of allylic oxidation sites excluding steroid dienone is 4. The molecule has 0 aliphatic rings. The van der Waals surface area contributed by atoms with Gasteiger partial charge >= 0.3 is 0 Å². The molecular weight excluding hydrogens is 208 g/mol. The number of rotatable bonds is 7. The van der Waals surface area contributed by atoms with Crippen LogP contribution in [-0.4, -0.2) is 10.7 Å². The Morgan fingerprint density at radius 1 is 1.35 bits per heavy atom. The predicted octanol–water partition coefficient (Wildman–Crippen LogP) is 4.64. The Hall–Kier alpha value is -0.820.